The maximum atomic E-state index is 12.5. The van der Waals surface area contributed by atoms with Crippen LogP contribution in [-0.4, -0.2) is 146 Å². The van der Waals surface area contributed by atoms with E-state index in [0.717, 1.165) is 12.1 Å². The van der Waals surface area contributed by atoms with Crippen LogP contribution in [0.4, 0.5) is 0 Å². The van der Waals surface area contributed by atoms with Crippen LogP contribution in [0.15, 0.2) is 65.1 Å². The number of ether oxygens (including phenoxy) is 7. The number of hydrogen-bond donors (Lipinski definition) is 10. The van der Waals surface area contributed by atoms with Gasteiger partial charge in [0, 0.05) is 30.3 Å². The molecule has 0 aliphatic carbocycles. The first-order valence-corrected chi connectivity index (χ1v) is 17.3. The highest BCUT2D eigenvalue weighted by Gasteiger charge is 2.47. The van der Waals surface area contributed by atoms with Crippen molar-refractivity contribution in [2.24, 2.45) is 0 Å². The summed E-state index contributed by atoms with van der Waals surface area (Å²) in [4.78, 5) is 12.5. The van der Waals surface area contributed by atoms with Crippen molar-refractivity contribution < 1.29 is 93.4 Å². The molecule has 6 rings (SSSR count). The third-order valence-corrected chi connectivity index (χ3v) is 9.24. The van der Waals surface area contributed by atoms with Crippen LogP contribution >= 0.6 is 0 Å². The van der Waals surface area contributed by atoms with E-state index in [1.54, 1.807) is 12.1 Å². The molecule has 0 saturated carbocycles. The number of methoxy groups -OCH3 is 2. The normalized spacial score (nSPS) is 27.6. The second-order valence-electron chi connectivity index (χ2n) is 13.0. The Morgan fingerprint density at radius 1 is 0.702 bits per heavy atom. The molecule has 0 bridgehead atoms. The van der Waals surface area contributed by atoms with E-state index >= 15 is 0 Å². The SMILES string of the molecule is COc1cc(-c2[o+]c3cc(O)cc(O[C@@H]4OC(CO)[C@@H](O)[C@H](O)C4O)c3cc2O[C@@H]2OC(COC(=O)/C=C/c3ccc(O)cc3)[C@@H](O)C(O)C2O)cc(OC)c1O. The van der Waals surface area contributed by atoms with Crippen LogP contribution in [0.25, 0.3) is 28.4 Å². The predicted molar refractivity (Wildman–Crippen MR) is 192 cm³/mol. The van der Waals surface area contributed by atoms with E-state index in [2.05, 4.69) is 0 Å². The molecule has 0 amide bonds. The number of phenols is 3. The molecule has 2 fully saturated rings. The van der Waals surface area contributed by atoms with Crippen LogP contribution in [0.3, 0.4) is 0 Å². The number of hydrogen-bond acceptors (Lipinski definition) is 18. The molecule has 57 heavy (non-hydrogen) atoms. The molecule has 2 aliphatic heterocycles. The van der Waals surface area contributed by atoms with E-state index in [4.69, 9.17) is 37.6 Å². The Hall–Kier alpha value is -5.48. The van der Waals surface area contributed by atoms with Gasteiger partial charge in [-0.3, -0.25) is 0 Å². The molecular formula is C38H41O19+. The van der Waals surface area contributed by atoms with Crippen LogP contribution in [0, 0.1) is 0 Å². The molecule has 0 radical (unpaired) electrons. The van der Waals surface area contributed by atoms with E-state index in [1.807, 2.05) is 0 Å². The molecule has 10 atom stereocenters. The van der Waals surface area contributed by atoms with Crippen LogP contribution in [0.5, 0.6) is 40.2 Å². The van der Waals surface area contributed by atoms with E-state index in [9.17, 15) is 55.9 Å². The third kappa shape index (κ3) is 8.76. The first-order chi connectivity index (χ1) is 27.2. The summed E-state index contributed by atoms with van der Waals surface area (Å²) >= 11 is 0. The molecule has 306 valence electrons. The van der Waals surface area contributed by atoms with Crippen molar-refractivity contribution in [2.75, 3.05) is 27.4 Å². The maximum Gasteiger partial charge on any atom is 0.402 e. The first-order valence-electron chi connectivity index (χ1n) is 17.3. The summed E-state index contributed by atoms with van der Waals surface area (Å²) in [5, 5.41) is 104. The van der Waals surface area contributed by atoms with Crippen molar-refractivity contribution >= 4 is 23.0 Å². The standard InChI is InChI=1S/C38H40O19/c1-50-23-9-17(10-24(51-2)29(23)43)36-25(13-20-21(53-36)11-19(41)12-22(20)54-37-34(48)32(46)30(44)26(14-39)56-37)55-38-35(49)33(47)31(45)27(57-38)15-52-28(42)8-5-16-3-6-18(40)7-4-16/h3-13,26-27,30-35,37-39,44-49H,14-15H2,1-2H3,(H2-,40,41,42,43)/p+1/t26?,27?,30-,31-,32+,33?,34?,35?,37-,38-/m1/s1. The zero-order valence-electron chi connectivity index (χ0n) is 30.2. The van der Waals surface area contributed by atoms with Crippen LogP contribution in [-0.2, 0) is 19.0 Å². The highest BCUT2D eigenvalue weighted by molar-refractivity contribution is 5.89. The second kappa shape index (κ2) is 17.3. The van der Waals surface area contributed by atoms with Gasteiger partial charge in [0.25, 0.3) is 0 Å². The summed E-state index contributed by atoms with van der Waals surface area (Å²) in [6.07, 6.45) is -14.7. The number of esters is 1. The van der Waals surface area contributed by atoms with E-state index < -0.39 is 86.3 Å². The number of phenolic OH excluding ortho intramolecular Hbond substituents is 3. The minimum atomic E-state index is -1.92. The lowest BCUT2D eigenvalue weighted by molar-refractivity contribution is -0.278. The van der Waals surface area contributed by atoms with E-state index in [0.29, 0.717) is 5.56 Å². The molecule has 2 saturated heterocycles. The van der Waals surface area contributed by atoms with Crippen molar-refractivity contribution in [1.29, 1.82) is 0 Å². The zero-order chi connectivity index (χ0) is 41.1. The predicted octanol–water partition coefficient (Wildman–Crippen LogP) is 0.137. The van der Waals surface area contributed by atoms with Gasteiger partial charge in [0.1, 0.15) is 78.1 Å². The number of carbonyl (C=O) groups excluding carboxylic acids is 1. The van der Waals surface area contributed by atoms with Gasteiger partial charge in [-0.25, -0.2) is 9.21 Å². The largest absolute Gasteiger partial charge is 0.508 e. The molecule has 10 N–H and O–H groups in total. The molecular weight excluding hydrogens is 760 g/mol. The van der Waals surface area contributed by atoms with Crippen molar-refractivity contribution in [1.82, 2.24) is 0 Å². The van der Waals surface area contributed by atoms with Crippen molar-refractivity contribution in [3.8, 4) is 51.6 Å². The van der Waals surface area contributed by atoms with Gasteiger partial charge < -0.3 is 84.2 Å². The number of rotatable bonds is 12. The van der Waals surface area contributed by atoms with Gasteiger partial charge in [-0.15, -0.1) is 0 Å². The molecule has 19 nitrogen and oxygen atoms in total. The highest BCUT2D eigenvalue weighted by atomic mass is 16.7. The summed E-state index contributed by atoms with van der Waals surface area (Å²) in [5.41, 5.74) is 0.617. The number of aromatic hydroxyl groups is 3. The van der Waals surface area contributed by atoms with E-state index in [-0.39, 0.29) is 56.8 Å². The summed E-state index contributed by atoms with van der Waals surface area (Å²) in [6, 6.07) is 12.2. The number of fused-ring (bicyclic) bond motifs is 1. The molecule has 0 spiro atoms. The first kappa shape index (κ1) is 41.2. The van der Waals surface area contributed by atoms with Gasteiger partial charge in [0.2, 0.25) is 24.1 Å². The lowest BCUT2D eigenvalue weighted by Gasteiger charge is -2.39. The Labute approximate surface area is 322 Å². The van der Waals surface area contributed by atoms with Crippen molar-refractivity contribution in [3.05, 3.63) is 66.2 Å². The van der Waals surface area contributed by atoms with Gasteiger partial charge in [-0.1, -0.05) is 12.1 Å². The van der Waals surface area contributed by atoms with Crippen molar-refractivity contribution in [2.45, 2.75) is 61.4 Å². The zero-order valence-corrected chi connectivity index (χ0v) is 30.2. The Balaban J connectivity index is 1.36. The average Bonchev–Trinajstić information content (AvgIpc) is 3.20. The molecule has 3 heterocycles. The third-order valence-electron chi connectivity index (χ3n) is 9.24. The molecule has 1 aromatic heterocycles. The molecule has 5 unspecified atom stereocenters. The number of aliphatic hydroxyl groups is 7. The van der Waals surface area contributed by atoms with Gasteiger partial charge in [0.05, 0.1) is 32.5 Å². The van der Waals surface area contributed by atoms with Gasteiger partial charge in [-0.2, -0.15) is 0 Å². The fourth-order valence-electron chi connectivity index (χ4n) is 6.11. The molecule has 3 aromatic carbocycles. The number of aliphatic hydroxyl groups excluding tert-OH is 7. The summed E-state index contributed by atoms with van der Waals surface area (Å²) in [6.45, 7) is -1.36. The lowest BCUT2D eigenvalue weighted by atomic mass is 9.99. The summed E-state index contributed by atoms with van der Waals surface area (Å²) < 4.78 is 45.3. The summed E-state index contributed by atoms with van der Waals surface area (Å²) in [5.74, 6) is -2.39. The quantitative estimate of drug-likeness (QED) is 0.0518. The fraction of sp³-hybridized carbons (Fsp3) is 0.368. The van der Waals surface area contributed by atoms with Gasteiger partial charge >= 0.3 is 17.3 Å². The fourth-order valence-corrected chi connectivity index (χ4v) is 6.11. The smallest absolute Gasteiger partial charge is 0.402 e. The minimum Gasteiger partial charge on any atom is -0.508 e. The summed E-state index contributed by atoms with van der Waals surface area (Å²) in [7, 11) is 2.56. The lowest BCUT2D eigenvalue weighted by Crippen LogP contribution is -2.60. The Morgan fingerprint density at radius 3 is 1.88 bits per heavy atom. The Kier molecular flexibility index (Phi) is 12.5. The van der Waals surface area contributed by atoms with Crippen LogP contribution in [0.1, 0.15) is 5.56 Å². The molecule has 2 aliphatic rings. The maximum absolute atomic E-state index is 12.5. The van der Waals surface area contributed by atoms with Crippen LogP contribution < -0.4 is 18.9 Å². The second-order valence-corrected chi connectivity index (χ2v) is 13.0. The van der Waals surface area contributed by atoms with Crippen LogP contribution in [0.2, 0.25) is 0 Å². The Bertz CT molecular complexity index is 2040. The minimum absolute atomic E-state index is 0.0120. The number of carbonyl (C=O) groups is 1. The van der Waals surface area contributed by atoms with E-state index in [1.165, 1.54) is 56.7 Å². The molecule has 19 heteroatoms. The van der Waals surface area contributed by atoms with Crippen molar-refractivity contribution in [3.63, 3.8) is 0 Å². The topological polar surface area (TPSA) is 295 Å². The monoisotopic (exact) mass is 801 g/mol. The van der Waals surface area contributed by atoms with Gasteiger partial charge in [-0.05, 0) is 23.8 Å². The van der Waals surface area contributed by atoms with Gasteiger partial charge in [0.15, 0.2) is 11.5 Å². The molecule has 4 aromatic rings. The average molecular weight is 802 g/mol. The number of benzene rings is 3. The Morgan fingerprint density at radius 2 is 1.28 bits per heavy atom. The highest BCUT2D eigenvalue weighted by Crippen LogP contribution is 2.46.